The molecule has 1 aromatic heterocycles. The summed E-state index contributed by atoms with van der Waals surface area (Å²) in [5, 5.41) is 0. The summed E-state index contributed by atoms with van der Waals surface area (Å²) in [6.07, 6.45) is 3.41. The van der Waals surface area contributed by atoms with Gasteiger partial charge in [-0.15, -0.1) is 11.8 Å². The summed E-state index contributed by atoms with van der Waals surface area (Å²) in [6.45, 7) is 0. The monoisotopic (exact) mass is 323 g/mol. The second-order valence-corrected chi connectivity index (χ2v) is 5.89. The van der Waals surface area contributed by atoms with Crippen molar-refractivity contribution in [1.29, 1.82) is 0 Å². The molecule has 4 N–H and O–H groups in total. The van der Waals surface area contributed by atoms with E-state index in [0.29, 0.717) is 5.69 Å². The quantitative estimate of drug-likeness (QED) is 0.848. The molecule has 0 amide bonds. The van der Waals surface area contributed by atoms with Crippen molar-refractivity contribution in [2.75, 3.05) is 11.5 Å². The molecule has 94 valence electrons. The molecule has 0 saturated heterocycles. The van der Waals surface area contributed by atoms with Gasteiger partial charge in [0.2, 0.25) is 0 Å². The topological polar surface area (TPSA) is 64.9 Å². The van der Waals surface area contributed by atoms with Crippen LogP contribution < -0.4 is 11.5 Å². The SMILES string of the molecule is Nc1ccncc1C(N)CSc1ccc(Br)cc1. The summed E-state index contributed by atoms with van der Waals surface area (Å²) >= 11 is 5.12. The van der Waals surface area contributed by atoms with E-state index in [-0.39, 0.29) is 6.04 Å². The van der Waals surface area contributed by atoms with Crippen molar-refractivity contribution in [3.05, 3.63) is 52.8 Å². The van der Waals surface area contributed by atoms with Crippen LogP contribution in [0.25, 0.3) is 0 Å². The number of nitrogens with zero attached hydrogens (tertiary/aromatic N) is 1. The van der Waals surface area contributed by atoms with E-state index in [9.17, 15) is 0 Å². The maximum Gasteiger partial charge on any atom is 0.0426 e. The third kappa shape index (κ3) is 3.48. The van der Waals surface area contributed by atoms with E-state index in [1.165, 1.54) is 4.90 Å². The number of nitrogen functional groups attached to an aromatic ring is 1. The highest BCUT2D eigenvalue weighted by molar-refractivity contribution is 9.10. The second-order valence-electron chi connectivity index (χ2n) is 3.88. The summed E-state index contributed by atoms with van der Waals surface area (Å²) in [6, 6.07) is 9.84. The van der Waals surface area contributed by atoms with E-state index in [0.717, 1.165) is 15.8 Å². The van der Waals surface area contributed by atoms with Gasteiger partial charge < -0.3 is 11.5 Å². The van der Waals surface area contributed by atoms with Gasteiger partial charge >= 0.3 is 0 Å². The van der Waals surface area contributed by atoms with Gasteiger partial charge in [-0.3, -0.25) is 4.98 Å². The highest BCUT2D eigenvalue weighted by Gasteiger charge is 2.10. The van der Waals surface area contributed by atoms with Gasteiger partial charge in [0.15, 0.2) is 0 Å². The molecule has 0 spiro atoms. The van der Waals surface area contributed by atoms with Crippen LogP contribution in [0.5, 0.6) is 0 Å². The summed E-state index contributed by atoms with van der Waals surface area (Å²) in [5.41, 5.74) is 13.6. The maximum atomic E-state index is 6.12. The van der Waals surface area contributed by atoms with E-state index in [4.69, 9.17) is 11.5 Å². The van der Waals surface area contributed by atoms with Crippen LogP contribution in [0.3, 0.4) is 0 Å². The molecular weight excluding hydrogens is 310 g/mol. The van der Waals surface area contributed by atoms with Crippen molar-refractivity contribution in [2.24, 2.45) is 5.73 Å². The van der Waals surface area contributed by atoms with Crippen molar-refractivity contribution in [3.8, 4) is 0 Å². The summed E-state index contributed by atoms with van der Waals surface area (Å²) in [4.78, 5) is 5.25. The molecule has 0 radical (unpaired) electrons. The Hall–Kier alpha value is -1.04. The molecule has 0 aliphatic rings. The van der Waals surface area contributed by atoms with Crippen LogP contribution in [0, 0.1) is 0 Å². The third-order valence-corrected chi connectivity index (χ3v) is 4.19. The average Bonchev–Trinajstić information content (AvgIpc) is 2.38. The molecule has 18 heavy (non-hydrogen) atoms. The number of anilines is 1. The molecule has 0 saturated carbocycles. The lowest BCUT2D eigenvalue weighted by molar-refractivity contribution is 0.827. The van der Waals surface area contributed by atoms with Gasteiger partial charge in [-0.2, -0.15) is 0 Å². The highest BCUT2D eigenvalue weighted by Crippen LogP contribution is 2.26. The van der Waals surface area contributed by atoms with Crippen molar-refractivity contribution >= 4 is 33.4 Å². The molecule has 1 atom stereocenters. The van der Waals surface area contributed by atoms with Crippen molar-refractivity contribution in [1.82, 2.24) is 4.98 Å². The van der Waals surface area contributed by atoms with E-state index in [2.05, 4.69) is 33.0 Å². The molecule has 1 heterocycles. The first-order valence-electron chi connectivity index (χ1n) is 5.50. The van der Waals surface area contributed by atoms with E-state index in [1.54, 1.807) is 30.2 Å². The largest absolute Gasteiger partial charge is 0.398 e. The van der Waals surface area contributed by atoms with Crippen LogP contribution in [0.4, 0.5) is 5.69 Å². The fourth-order valence-corrected chi connectivity index (χ4v) is 2.68. The molecule has 1 unspecified atom stereocenters. The molecule has 0 bridgehead atoms. The molecule has 3 nitrogen and oxygen atoms in total. The fraction of sp³-hybridized carbons (Fsp3) is 0.154. The molecule has 0 fully saturated rings. The Balaban J connectivity index is 1.98. The molecular formula is C13H14BrN3S. The molecule has 2 rings (SSSR count). The summed E-state index contributed by atoms with van der Waals surface area (Å²) in [5.74, 6) is 0.775. The van der Waals surface area contributed by atoms with Crippen LogP contribution in [0.1, 0.15) is 11.6 Å². The molecule has 0 aliphatic heterocycles. The van der Waals surface area contributed by atoms with Gasteiger partial charge in [0.25, 0.3) is 0 Å². The fourth-order valence-electron chi connectivity index (χ4n) is 1.53. The first kappa shape index (κ1) is 13.4. The number of pyridine rings is 1. The van der Waals surface area contributed by atoms with E-state index < -0.39 is 0 Å². The lowest BCUT2D eigenvalue weighted by Crippen LogP contribution is -2.15. The molecule has 1 aromatic carbocycles. The number of hydrogen-bond acceptors (Lipinski definition) is 4. The Labute approximate surface area is 119 Å². The van der Waals surface area contributed by atoms with E-state index >= 15 is 0 Å². The number of benzene rings is 1. The van der Waals surface area contributed by atoms with Crippen molar-refractivity contribution in [2.45, 2.75) is 10.9 Å². The van der Waals surface area contributed by atoms with Gasteiger partial charge in [0.05, 0.1) is 0 Å². The molecule has 0 aliphatic carbocycles. The van der Waals surface area contributed by atoms with Crippen molar-refractivity contribution in [3.63, 3.8) is 0 Å². The Bertz CT molecular complexity index is 516. The summed E-state index contributed by atoms with van der Waals surface area (Å²) < 4.78 is 1.08. The first-order chi connectivity index (χ1) is 8.66. The van der Waals surface area contributed by atoms with Crippen LogP contribution in [0.2, 0.25) is 0 Å². The van der Waals surface area contributed by atoms with Gasteiger partial charge in [-0.1, -0.05) is 15.9 Å². The Morgan fingerprint density at radius 2 is 1.94 bits per heavy atom. The van der Waals surface area contributed by atoms with Gasteiger partial charge in [0, 0.05) is 44.8 Å². The minimum Gasteiger partial charge on any atom is -0.398 e. The van der Waals surface area contributed by atoms with E-state index in [1.807, 2.05) is 12.1 Å². The number of nitrogens with two attached hydrogens (primary N) is 2. The molecule has 5 heteroatoms. The number of halogens is 1. The lowest BCUT2D eigenvalue weighted by Gasteiger charge is -2.13. The van der Waals surface area contributed by atoms with Gasteiger partial charge in [-0.05, 0) is 30.3 Å². The highest BCUT2D eigenvalue weighted by atomic mass is 79.9. The van der Waals surface area contributed by atoms with Crippen molar-refractivity contribution < 1.29 is 0 Å². The predicted molar refractivity (Wildman–Crippen MR) is 80.4 cm³/mol. The Kier molecular flexibility index (Phi) is 4.63. The molecule has 2 aromatic rings. The zero-order valence-corrected chi connectivity index (χ0v) is 12.1. The minimum absolute atomic E-state index is 0.104. The summed E-state index contributed by atoms with van der Waals surface area (Å²) in [7, 11) is 0. The van der Waals surface area contributed by atoms with Crippen LogP contribution in [0.15, 0.2) is 52.1 Å². The minimum atomic E-state index is -0.104. The number of hydrogen-bond donors (Lipinski definition) is 2. The standard InChI is InChI=1S/C13H14BrN3S/c14-9-1-3-10(4-2-9)18-8-13(16)11-7-17-6-5-12(11)15/h1-7,13H,8,16H2,(H2,15,17). The number of rotatable bonds is 4. The smallest absolute Gasteiger partial charge is 0.0426 e. The first-order valence-corrected chi connectivity index (χ1v) is 7.28. The Morgan fingerprint density at radius 1 is 1.22 bits per heavy atom. The predicted octanol–water partition coefficient (Wildman–Crippen LogP) is 3.22. The normalized spacial score (nSPS) is 12.3. The second kappa shape index (κ2) is 6.22. The van der Waals surface area contributed by atoms with Crippen LogP contribution in [-0.2, 0) is 0 Å². The van der Waals surface area contributed by atoms with Crippen LogP contribution in [-0.4, -0.2) is 10.7 Å². The zero-order valence-electron chi connectivity index (χ0n) is 9.71. The number of aromatic nitrogens is 1. The zero-order chi connectivity index (χ0) is 13.0. The maximum absolute atomic E-state index is 6.12. The number of thioether (sulfide) groups is 1. The van der Waals surface area contributed by atoms with Gasteiger partial charge in [-0.25, -0.2) is 0 Å². The average molecular weight is 324 g/mol. The Morgan fingerprint density at radius 3 is 2.61 bits per heavy atom. The van der Waals surface area contributed by atoms with Crippen LogP contribution >= 0.6 is 27.7 Å². The van der Waals surface area contributed by atoms with Gasteiger partial charge in [0.1, 0.15) is 0 Å². The lowest BCUT2D eigenvalue weighted by atomic mass is 10.1. The third-order valence-electron chi connectivity index (χ3n) is 2.53.